The molecule has 0 saturated carbocycles. The molecule has 5 amide bonds. The van der Waals surface area contributed by atoms with Crippen LogP contribution in [0.1, 0.15) is 64.5 Å². The molecular formula is C51H70F6N8O7. The number of benzene rings is 2. The molecule has 2 saturated heterocycles. The molecule has 0 bridgehead atoms. The van der Waals surface area contributed by atoms with Crippen LogP contribution in [0.2, 0.25) is 0 Å². The van der Waals surface area contributed by atoms with Gasteiger partial charge in [0.15, 0.2) is 0 Å². The van der Waals surface area contributed by atoms with Crippen LogP contribution in [0.4, 0.5) is 26.3 Å². The summed E-state index contributed by atoms with van der Waals surface area (Å²) in [4.78, 5) is 72.9. The lowest BCUT2D eigenvalue weighted by Gasteiger charge is -2.41. The monoisotopic (exact) mass is 1020 g/mol. The Kier molecular flexibility index (Phi) is 22.4. The molecule has 2 aromatic rings. The van der Waals surface area contributed by atoms with Crippen LogP contribution < -0.4 is 16.0 Å². The van der Waals surface area contributed by atoms with E-state index in [2.05, 4.69) is 34.4 Å². The van der Waals surface area contributed by atoms with Crippen LogP contribution in [0.15, 0.2) is 72.9 Å². The highest BCUT2D eigenvalue weighted by Crippen LogP contribution is 2.30. The van der Waals surface area contributed by atoms with Crippen molar-refractivity contribution in [1.29, 1.82) is 0 Å². The van der Waals surface area contributed by atoms with Gasteiger partial charge in [-0.15, -0.1) is 0 Å². The molecular weight excluding hydrogens is 951 g/mol. The Morgan fingerprint density at radius 1 is 0.750 bits per heavy atom. The summed E-state index contributed by atoms with van der Waals surface area (Å²) in [6, 6.07) is 12.1. The van der Waals surface area contributed by atoms with Crippen molar-refractivity contribution in [2.24, 2.45) is 0 Å². The molecule has 2 aliphatic heterocycles. The van der Waals surface area contributed by atoms with E-state index in [1.165, 1.54) is 23.6 Å². The molecule has 2 aromatic carbocycles. The Balaban J connectivity index is 1.52. The van der Waals surface area contributed by atoms with Crippen molar-refractivity contribution in [3.63, 3.8) is 0 Å². The van der Waals surface area contributed by atoms with Crippen LogP contribution in [-0.4, -0.2) is 186 Å². The van der Waals surface area contributed by atoms with Gasteiger partial charge in [-0.3, -0.25) is 24.0 Å². The third-order valence-electron chi connectivity index (χ3n) is 13.2. The SMILES string of the molecule is C=C([C@H]([C@@H](C)O)N(CC#CCO[C@H](C)[C@H](NC(=O)[C@H](C)NC)C(=O)N1CCC[C@H]1CN(CCc1ccccc1)C(=O)C(F)(F)F)C(=O)[C@H](C)NC)N1CCC[C@H]1CN(CCc1ccccc1)C(=O)C(F)(F)F. The molecule has 4 rings (SSSR count). The van der Waals surface area contributed by atoms with E-state index < -0.39 is 96.9 Å². The van der Waals surface area contributed by atoms with Crippen molar-refractivity contribution in [1.82, 2.24) is 40.4 Å². The van der Waals surface area contributed by atoms with Gasteiger partial charge in [0.05, 0.1) is 36.9 Å². The lowest BCUT2D eigenvalue weighted by atomic mass is 10.0. The average molecular weight is 1020 g/mol. The van der Waals surface area contributed by atoms with Crippen LogP contribution in [0.3, 0.4) is 0 Å². The fourth-order valence-electron chi connectivity index (χ4n) is 8.96. The minimum atomic E-state index is -5.15. The van der Waals surface area contributed by atoms with Crippen LogP contribution in [-0.2, 0) is 41.6 Å². The summed E-state index contributed by atoms with van der Waals surface area (Å²) in [5.74, 6) is 0.0442. The first kappa shape index (κ1) is 58.9. The van der Waals surface area contributed by atoms with Gasteiger partial charge in [0.1, 0.15) is 12.6 Å². The number of nitrogens with one attached hydrogen (secondary N) is 3. The lowest BCUT2D eigenvalue weighted by molar-refractivity contribution is -0.186. The Hall–Kier alpha value is -5.69. The van der Waals surface area contributed by atoms with Crippen molar-refractivity contribution in [3.05, 3.63) is 84.1 Å². The number of carbonyl (C=O) groups excluding carboxylic acids is 5. The van der Waals surface area contributed by atoms with Crippen LogP contribution in [0.5, 0.6) is 0 Å². The van der Waals surface area contributed by atoms with Crippen molar-refractivity contribution < 1.29 is 60.2 Å². The maximum absolute atomic E-state index is 14.4. The first-order valence-corrected chi connectivity index (χ1v) is 24.3. The number of hydrogen-bond donors (Lipinski definition) is 4. The van der Waals surface area contributed by atoms with Crippen molar-refractivity contribution in [3.8, 4) is 11.8 Å². The van der Waals surface area contributed by atoms with Crippen LogP contribution in [0, 0.1) is 11.8 Å². The molecule has 72 heavy (non-hydrogen) atoms. The molecule has 398 valence electrons. The number of rotatable bonds is 24. The predicted octanol–water partition coefficient (Wildman–Crippen LogP) is 3.91. The summed E-state index contributed by atoms with van der Waals surface area (Å²) in [7, 11) is 3.11. The van der Waals surface area contributed by atoms with Crippen LogP contribution in [0.25, 0.3) is 0 Å². The molecule has 0 aromatic heterocycles. The largest absolute Gasteiger partial charge is 0.471 e. The van der Waals surface area contributed by atoms with Gasteiger partial charge >= 0.3 is 24.2 Å². The number of likely N-dealkylation sites (tertiary alicyclic amines) is 2. The summed E-state index contributed by atoms with van der Waals surface area (Å²) in [6.07, 6.45) is -10.5. The third kappa shape index (κ3) is 16.7. The summed E-state index contributed by atoms with van der Waals surface area (Å²) >= 11 is 0. The molecule has 15 nitrogen and oxygen atoms in total. The fourth-order valence-corrected chi connectivity index (χ4v) is 8.96. The number of alkyl halides is 6. The molecule has 8 atom stereocenters. The lowest BCUT2D eigenvalue weighted by Crippen LogP contribution is -2.59. The highest BCUT2D eigenvalue weighted by atomic mass is 19.4. The Labute approximate surface area is 418 Å². The summed E-state index contributed by atoms with van der Waals surface area (Å²) in [5, 5.41) is 19.7. The second-order valence-corrected chi connectivity index (χ2v) is 18.3. The first-order valence-electron chi connectivity index (χ1n) is 24.3. The molecule has 0 aliphatic carbocycles. The van der Waals surface area contributed by atoms with E-state index in [1.54, 1.807) is 93.5 Å². The number of aliphatic hydroxyl groups excluding tert-OH is 1. The number of halogens is 6. The molecule has 0 unspecified atom stereocenters. The standard InChI is InChI=1S/C51H70F6N8O7/c1-34(58-6)45(67)60-43(47(69)64-28-17-23-42(64)33-62(49(71)51(55,56)57)30-25-40-20-12-9-13-21-40)38(5)72-31-15-14-26-65(46(68)35(2)59-7)44(37(4)66)36(3)63-27-16-22-41(63)32-61(48(70)50(52,53)54)29-24-39-18-10-8-11-19-39/h8-13,18-21,34-35,37-38,41-44,58-59,66H,3,16-17,22-33H2,1-2,4-7H3,(H,60,67)/t34-,35-,37+,38+,41-,42-,43-,44+/m0/s1. The summed E-state index contributed by atoms with van der Waals surface area (Å²) in [6.45, 7) is 9.13. The number of carbonyl (C=O) groups is 5. The topological polar surface area (TPSA) is 167 Å². The number of ether oxygens (including phenoxy) is 1. The van der Waals surface area contributed by atoms with Gasteiger partial charge in [0.2, 0.25) is 17.7 Å². The zero-order valence-electron chi connectivity index (χ0n) is 41.9. The Bertz CT molecular complexity index is 2170. The number of hydrogen-bond acceptors (Lipinski definition) is 10. The van der Waals surface area contributed by atoms with Gasteiger partial charge in [0.25, 0.3) is 0 Å². The van der Waals surface area contributed by atoms with Gasteiger partial charge < -0.3 is 50.3 Å². The van der Waals surface area contributed by atoms with E-state index in [1.807, 2.05) is 0 Å². The second-order valence-electron chi connectivity index (χ2n) is 18.3. The Morgan fingerprint density at radius 3 is 1.68 bits per heavy atom. The quantitative estimate of drug-likeness (QED) is 0.0896. The fraction of sp³-hybridized carbons (Fsp3) is 0.588. The molecule has 2 aliphatic rings. The molecule has 21 heteroatoms. The van der Waals surface area contributed by atoms with E-state index in [9.17, 15) is 55.4 Å². The van der Waals surface area contributed by atoms with Crippen molar-refractivity contribution in [2.45, 2.75) is 127 Å². The zero-order valence-corrected chi connectivity index (χ0v) is 41.9. The number of amides is 5. The minimum absolute atomic E-state index is 0.149. The van der Waals surface area contributed by atoms with E-state index in [4.69, 9.17) is 4.74 Å². The highest BCUT2D eigenvalue weighted by Gasteiger charge is 2.46. The van der Waals surface area contributed by atoms with Crippen molar-refractivity contribution >= 4 is 29.5 Å². The van der Waals surface area contributed by atoms with Gasteiger partial charge in [-0.25, -0.2) is 0 Å². The van der Waals surface area contributed by atoms with E-state index in [0.29, 0.717) is 37.1 Å². The normalized spacial score (nSPS) is 18.5. The smallest absolute Gasteiger partial charge is 0.391 e. The van der Waals surface area contributed by atoms with Crippen LogP contribution >= 0.6 is 0 Å². The maximum atomic E-state index is 14.4. The predicted molar refractivity (Wildman–Crippen MR) is 259 cm³/mol. The average Bonchev–Trinajstić information content (AvgIpc) is 4.03. The van der Waals surface area contributed by atoms with E-state index >= 15 is 0 Å². The van der Waals surface area contributed by atoms with E-state index in [0.717, 1.165) is 16.0 Å². The zero-order chi connectivity index (χ0) is 53.3. The summed E-state index contributed by atoms with van der Waals surface area (Å²) in [5.41, 5.74) is 1.73. The maximum Gasteiger partial charge on any atom is 0.471 e. The van der Waals surface area contributed by atoms with Gasteiger partial charge in [0, 0.05) is 57.0 Å². The third-order valence-corrected chi connectivity index (χ3v) is 13.2. The Morgan fingerprint density at radius 2 is 1.22 bits per heavy atom. The second kappa shape index (κ2) is 27.4. The minimum Gasteiger partial charge on any atom is -0.391 e. The highest BCUT2D eigenvalue weighted by molar-refractivity contribution is 5.90. The van der Waals surface area contributed by atoms with E-state index in [-0.39, 0.29) is 57.9 Å². The molecule has 0 radical (unpaired) electrons. The molecule has 2 heterocycles. The first-order chi connectivity index (χ1) is 34.0. The summed E-state index contributed by atoms with van der Waals surface area (Å²) < 4.78 is 89.3. The van der Waals surface area contributed by atoms with Gasteiger partial charge in [-0.05, 0) is 91.4 Å². The molecule has 2 fully saturated rings. The van der Waals surface area contributed by atoms with Gasteiger partial charge in [-0.1, -0.05) is 79.1 Å². The number of aliphatic hydroxyl groups is 1. The van der Waals surface area contributed by atoms with Crippen molar-refractivity contribution in [2.75, 3.05) is 66.5 Å². The van der Waals surface area contributed by atoms with Gasteiger partial charge in [-0.2, -0.15) is 26.3 Å². The molecule has 0 spiro atoms. The number of likely N-dealkylation sites (N-methyl/N-ethyl adjacent to an activating group) is 2. The number of nitrogens with zero attached hydrogens (tertiary/aromatic N) is 5. The molecule has 4 N–H and O–H groups in total.